The van der Waals surface area contributed by atoms with Gasteiger partial charge in [0.1, 0.15) is 0 Å². The Morgan fingerprint density at radius 1 is 1.24 bits per heavy atom. The number of hydrogen-bond donors (Lipinski definition) is 1. The normalized spacial score (nSPS) is 10.4. The molecule has 0 aliphatic carbocycles. The second kappa shape index (κ2) is 10.3. The zero-order valence-corrected chi connectivity index (χ0v) is 13.7. The van der Waals surface area contributed by atoms with Crippen LogP contribution in [0, 0.1) is 0 Å². The van der Waals surface area contributed by atoms with Crippen molar-refractivity contribution in [2.75, 3.05) is 18.4 Å². The zero-order valence-electron chi connectivity index (χ0n) is 12.9. The van der Waals surface area contributed by atoms with Crippen molar-refractivity contribution >= 4 is 28.3 Å². The van der Waals surface area contributed by atoms with Crippen molar-refractivity contribution in [3.8, 4) is 0 Å². The summed E-state index contributed by atoms with van der Waals surface area (Å²) >= 11 is 1.37. The fraction of sp³-hybridized carbons (Fsp3) is 0.667. The number of unbranched alkanes of at least 4 members (excludes halogenated alkanes) is 4. The van der Waals surface area contributed by atoms with Crippen molar-refractivity contribution in [2.45, 2.75) is 52.4 Å². The Morgan fingerprint density at radius 2 is 2.00 bits per heavy atom. The van der Waals surface area contributed by atoms with Gasteiger partial charge in [0.25, 0.3) is 0 Å². The lowest BCUT2D eigenvalue weighted by atomic mass is 10.1. The Bertz CT molecular complexity index is 421. The largest absolute Gasteiger partial charge is 0.334 e. The van der Waals surface area contributed by atoms with E-state index in [1.165, 1.54) is 30.6 Å². The summed E-state index contributed by atoms with van der Waals surface area (Å²) in [4.78, 5) is 29.5. The lowest BCUT2D eigenvalue weighted by molar-refractivity contribution is -0.134. The Balaban J connectivity index is 2.28. The molecule has 0 saturated heterocycles. The van der Waals surface area contributed by atoms with Crippen LogP contribution in [-0.2, 0) is 9.59 Å². The maximum atomic E-state index is 12.1. The van der Waals surface area contributed by atoms with Crippen molar-refractivity contribution in [1.29, 1.82) is 0 Å². The van der Waals surface area contributed by atoms with Crippen LogP contribution < -0.4 is 5.32 Å². The number of amides is 2. The molecule has 0 saturated carbocycles. The summed E-state index contributed by atoms with van der Waals surface area (Å²) in [7, 11) is 0. The van der Waals surface area contributed by atoms with Crippen molar-refractivity contribution in [3.63, 3.8) is 0 Å². The average Bonchev–Trinajstić information content (AvgIpc) is 2.97. The highest BCUT2D eigenvalue weighted by molar-refractivity contribution is 7.13. The predicted molar refractivity (Wildman–Crippen MR) is 86.4 cm³/mol. The number of anilines is 1. The van der Waals surface area contributed by atoms with E-state index in [0.29, 0.717) is 18.1 Å². The molecular formula is C15H25N3O2S. The van der Waals surface area contributed by atoms with Crippen molar-refractivity contribution < 1.29 is 9.59 Å². The van der Waals surface area contributed by atoms with Gasteiger partial charge in [-0.2, -0.15) is 0 Å². The summed E-state index contributed by atoms with van der Waals surface area (Å²) in [5.41, 5.74) is 0. The van der Waals surface area contributed by atoms with Gasteiger partial charge < -0.3 is 10.2 Å². The van der Waals surface area contributed by atoms with E-state index in [0.717, 1.165) is 12.8 Å². The Morgan fingerprint density at radius 3 is 2.62 bits per heavy atom. The van der Waals surface area contributed by atoms with Crippen LogP contribution in [0.3, 0.4) is 0 Å². The highest BCUT2D eigenvalue weighted by Gasteiger charge is 2.15. The van der Waals surface area contributed by atoms with E-state index in [-0.39, 0.29) is 18.4 Å². The van der Waals surface area contributed by atoms with E-state index in [9.17, 15) is 9.59 Å². The van der Waals surface area contributed by atoms with Gasteiger partial charge in [-0.3, -0.25) is 9.59 Å². The number of carbonyl (C=O) groups excluding carboxylic acids is 2. The molecule has 1 rings (SSSR count). The van der Waals surface area contributed by atoms with E-state index >= 15 is 0 Å². The van der Waals surface area contributed by atoms with E-state index in [1.54, 1.807) is 16.5 Å². The smallest absolute Gasteiger partial charge is 0.245 e. The summed E-state index contributed by atoms with van der Waals surface area (Å²) in [6.07, 6.45) is 7.77. The van der Waals surface area contributed by atoms with Crippen LogP contribution in [0.1, 0.15) is 52.4 Å². The topological polar surface area (TPSA) is 62.3 Å². The van der Waals surface area contributed by atoms with Crippen LogP contribution in [0.4, 0.5) is 5.13 Å². The number of nitrogens with zero attached hydrogens (tertiary/aromatic N) is 2. The molecule has 21 heavy (non-hydrogen) atoms. The Labute approximate surface area is 130 Å². The van der Waals surface area contributed by atoms with Gasteiger partial charge >= 0.3 is 0 Å². The summed E-state index contributed by atoms with van der Waals surface area (Å²) in [5, 5.41) is 5.07. The van der Waals surface area contributed by atoms with Gasteiger partial charge in [-0.15, -0.1) is 11.3 Å². The first-order valence-corrected chi connectivity index (χ1v) is 8.52. The average molecular weight is 311 g/mol. The van der Waals surface area contributed by atoms with Gasteiger partial charge in [-0.05, 0) is 13.3 Å². The number of aromatic nitrogens is 1. The van der Waals surface area contributed by atoms with Gasteiger partial charge in [0.2, 0.25) is 11.8 Å². The number of hydrogen-bond acceptors (Lipinski definition) is 4. The molecule has 5 nitrogen and oxygen atoms in total. The van der Waals surface area contributed by atoms with Crippen LogP contribution in [-0.4, -0.2) is 34.8 Å². The van der Waals surface area contributed by atoms with Crippen LogP contribution >= 0.6 is 11.3 Å². The fourth-order valence-electron chi connectivity index (χ4n) is 2.03. The van der Waals surface area contributed by atoms with E-state index < -0.39 is 0 Å². The second-order valence-corrected chi connectivity index (χ2v) is 5.85. The number of likely N-dealkylation sites (N-methyl/N-ethyl adjacent to an activating group) is 1. The van der Waals surface area contributed by atoms with Gasteiger partial charge in [0.05, 0.1) is 6.54 Å². The number of carbonyl (C=O) groups is 2. The highest BCUT2D eigenvalue weighted by Crippen LogP contribution is 2.11. The molecule has 0 aromatic carbocycles. The van der Waals surface area contributed by atoms with Gasteiger partial charge in [0, 0.05) is 24.5 Å². The van der Waals surface area contributed by atoms with Crippen LogP contribution in [0.5, 0.6) is 0 Å². The third-order valence-electron chi connectivity index (χ3n) is 3.24. The van der Waals surface area contributed by atoms with Crippen LogP contribution in [0.2, 0.25) is 0 Å². The molecule has 1 aromatic heterocycles. The molecule has 118 valence electrons. The first-order chi connectivity index (χ1) is 10.2. The maximum Gasteiger partial charge on any atom is 0.245 e. The maximum absolute atomic E-state index is 12.1. The van der Waals surface area contributed by atoms with Gasteiger partial charge in [0.15, 0.2) is 5.13 Å². The molecule has 2 amide bonds. The molecule has 0 aliphatic rings. The Kier molecular flexibility index (Phi) is 8.66. The molecule has 0 bridgehead atoms. The lowest BCUT2D eigenvalue weighted by Gasteiger charge is -2.20. The van der Waals surface area contributed by atoms with Crippen molar-refractivity contribution in [3.05, 3.63) is 11.6 Å². The molecule has 0 unspecified atom stereocenters. The molecule has 6 heteroatoms. The minimum atomic E-state index is -0.189. The molecule has 1 heterocycles. The number of thiazole rings is 1. The fourth-order valence-corrected chi connectivity index (χ4v) is 2.58. The third kappa shape index (κ3) is 7.22. The molecule has 0 aliphatic heterocycles. The first-order valence-electron chi connectivity index (χ1n) is 7.64. The SMILES string of the molecule is CCCCCCCC(=O)N(CC)CC(=O)Nc1nccs1. The molecule has 0 spiro atoms. The van der Waals surface area contributed by atoms with Crippen LogP contribution in [0.25, 0.3) is 0 Å². The Hall–Kier alpha value is -1.43. The molecule has 0 atom stereocenters. The third-order valence-corrected chi connectivity index (χ3v) is 3.93. The standard InChI is InChI=1S/C15H25N3O2S/c1-3-5-6-7-8-9-14(20)18(4-2)12-13(19)17-15-16-10-11-21-15/h10-11H,3-9,12H2,1-2H3,(H,16,17,19). The summed E-state index contributed by atoms with van der Waals surface area (Å²) in [5.74, 6) is -0.130. The van der Waals surface area contributed by atoms with Gasteiger partial charge in [-0.1, -0.05) is 32.6 Å². The quantitative estimate of drug-likeness (QED) is 0.674. The first kappa shape index (κ1) is 17.6. The summed E-state index contributed by atoms with van der Waals surface area (Å²) in [6, 6.07) is 0. The zero-order chi connectivity index (χ0) is 15.5. The van der Waals surface area contributed by atoms with Crippen LogP contribution in [0.15, 0.2) is 11.6 Å². The molecule has 0 fully saturated rings. The minimum Gasteiger partial charge on any atom is -0.334 e. The molecule has 1 N–H and O–H groups in total. The second-order valence-electron chi connectivity index (χ2n) is 4.96. The van der Waals surface area contributed by atoms with Crippen molar-refractivity contribution in [1.82, 2.24) is 9.88 Å². The monoisotopic (exact) mass is 311 g/mol. The van der Waals surface area contributed by atoms with Crippen molar-refractivity contribution in [2.24, 2.45) is 0 Å². The highest BCUT2D eigenvalue weighted by atomic mass is 32.1. The number of nitrogens with one attached hydrogen (secondary N) is 1. The summed E-state index contributed by atoms with van der Waals surface area (Å²) < 4.78 is 0. The molecular weight excluding hydrogens is 286 g/mol. The van der Waals surface area contributed by atoms with E-state index in [1.807, 2.05) is 6.92 Å². The molecule has 1 aromatic rings. The number of rotatable bonds is 10. The van der Waals surface area contributed by atoms with E-state index in [4.69, 9.17) is 0 Å². The molecule has 0 radical (unpaired) electrons. The predicted octanol–water partition coefficient (Wildman–Crippen LogP) is 3.29. The minimum absolute atomic E-state index is 0.0586. The van der Waals surface area contributed by atoms with E-state index in [2.05, 4.69) is 17.2 Å². The lowest BCUT2D eigenvalue weighted by Crippen LogP contribution is -2.37. The van der Waals surface area contributed by atoms with Gasteiger partial charge in [-0.25, -0.2) is 4.98 Å². The summed E-state index contributed by atoms with van der Waals surface area (Å²) in [6.45, 7) is 4.72.